The number of anilines is 1. The Kier molecular flexibility index (Phi) is 5.10. The molecule has 1 aromatic carbocycles. The molecule has 20 heavy (non-hydrogen) atoms. The van der Waals surface area contributed by atoms with Gasteiger partial charge in [0.15, 0.2) is 0 Å². The molecule has 5 heteroatoms. The molecule has 1 N–H and O–H groups in total. The predicted molar refractivity (Wildman–Crippen MR) is 88.1 cm³/mol. The van der Waals surface area contributed by atoms with E-state index in [0.717, 1.165) is 41.7 Å². The Morgan fingerprint density at radius 3 is 2.55 bits per heavy atom. The van der Waals surface area contributed by atoms with Gasteiger partial charge in [0.2, 0.25) is 0 Å². The van der Waals surface area contributed by atoms with Crippen LogP contribution in [0.2, 0.25) is 5.02 Å². The number of hydrogen-bond acceptors (Lipinski definition) is 3. The van der Waals surface area contributed by atoms with Crippen molar-refractivity contribution in [3.63, 3.8) is 0 Å². The average Bonchev–Trinajstić information content (AvgIpc) is 2.37. The van der Waals surface area contributed by atoms with Gasteiger partial charge in [0.05, 0.1) is 0 Å². The van der Waals surface area contributed by atoms with Crippen molar-refractivity contribution in [3.8, 4) is 0 Å². The van der Waals surface area contributed by atoms with Crippen LogP contribution in [-0.4, -0.2) is 34.3 Å². The van der Waals surface area contributed by atoms with Crippen LogP contribution >= 0.6 is 11.6 Å². The van der Waals surface area contributed by atoms with E-state index in [2.05, 4.69) is 37.1 Å². The minimum absolute atomic E-state index is 0.0554. The van der Waals surface area contributed by atoms with E-state index in [1.807, 2.05) is 12.1 Å². The molecule has 0 saturated carbocycles. The van der Waals surface area contributed by atoms with E-state index in [4.69, 9.17) is 11.6 Å². The fourth-order valence-electron chi connectivity index (χ4n) is 2.25. The standard InChI is InChI=1S/C15H23ClN2OS/c1-15(2,3)17-11-12-13(16)5-4-6-14(12)18-7-9-20(19)10-8-18/h4-6,17H,7-11H2,1-3H3. The van der Waals surface area contributed by atoms with Gasteiger partial charge in [0.25, 0.3) is 0 Å². The van der Waals surface area contributed by atoms with Crippen LogP contribution in [0.3, 0.4) is 0 Å². The van der Waals surface area contributed by atoms with Gasteiger partial charge >= 0.3 is 0 Å². The molecule has 2 rings (SSSR count). The average molecular weight is 315 g/mol. The summed E-state index contributed by atoms with van der Waals surface area (Å²) in [6, 6.07) is 6.04. The van der Waals surface area contributed by atoms with E-state index in [1.54, 1.807) is 0 Å². The number of hydrogen-bond donors (Lipinski definition) is 1. The Balaban J connectivity index is 2.19. The maximum Gasteiger partial charge on any atom is 0.0471 e. The SMILES string of the molecule is CC(C)(C)NCc1c(Cl)cccc1N1CCS(=O)CC1. The molecule has 1 fully saturated rings. The fraction of sp³-hybridized carbons (Fsp3) is 0.600. The van der Waals surface area contributed by atoms with Gasteiger partial charge in [-0.1, -0.05) is 17.7 Å². The van der Waals surface area contributed by atoms with Gasteiger partial charge in [-0.25, -0.2) is 0 Å². The zero-order valence-electron chi connectivity index (χ0n) is 12.4. The molecule has 112 valence electrons. The highest BCUT2D eigenvalue weighted by Crippen LogP contribution is 2.28. The molecule has 0 aromatic heterocycles. The molecule has 0 aliphatic carbocycles. The molecule has 1 aliphatic rings. The summed E-state index contributed by atoms with van der Waals surface area (Å²) in [5, 5.41) is 4.29. The van der Waals surface area contributed by atoms with Crippen LogP contribution in [0.15, 0.2) is 18.2 Å². The fourth-order valence-corrected chi connectivity index (χ4v) is 3.54. The summed E-state index contributed by atoms with van der Waals surface area (Å²) in [6.45, 7) is 8.87. The first-order valence-corrected chi connectivity index (χ1v) is 8.86. The lowest BCUT2D eigenvalue weighted by Crippen LogP contribution is -2.39. The number of nitrogens with zero attached hydrogens (tertiary/aromatic N) is 1. The molecule has 0 unspecified atom stereocenters. The highest BCUT2D eigenvalue weighted by Gasteiger charge is 2.20. The van der Waals surface area contributed by atoms with Crippen LogP contribution < -0.4 is 10.2 Å². The molecule has 1 heterocycles. The van der Waals surface area contributed by atoms with Gasteiger partial charge in [-0.15, -0.1) is 0 Å². The molecule has 3 nitrogen and oxygen atoms in total. The topological polar surface area (TPSA) is 32.3 Å². The number of halogens is 1. The first-order chi connectivity index (χ1) is 9.37. The van der Waals surface area contributed by atoms with Gasteiger partial charge in [-0.2, -0.15) is 0 Å². The minimum atomic E-state index is -0.655. The normalized spacial score (nSPS) is 17.5. The highest BCUT2D eigenvalue weighted by atomic mass is 35.5. The van der Waals surface area contributed by atoms with Crippen LogP contribution in [0.5, 0.6) is 0 Å². The molecule has 0 spiro atoms. The van der Waals surface area contributed by atoms with Crippen LogP contribution in [0, 0.1) is 0 Å². The summed E-state index contributed by atoms with van der Waals surface area (Å²) < 4.78 is 11.5. The van der Waals surface area contributed by atoms with Gasteiger partial charge < -0.3 is 10.2 Å². The zero-order chi connectivity index (χ0) is 14.8. The maximum atomic E-state index is 11.5. The second kappa shape index (κ2) is 6.46. The Morgan fingerprint density at radius 2 is 1.95 bits per heavy atom. The predicted octanol–water partition coefficient (Wildman–Crippen LogP) is 2.80. The Labute approximate surface area is 129 Å². The number of nitrogens with one attached hydrogen (secondary N) is 1. The van der Waals surface area contributed by atoms with Crippen molar-refractivity contribution < 1.29 is 4.21 Å². The van der Waals surface area contributed by atoms with Crippen molar-refractivity contribution in [2.75, 3.05) is 29.5 Å². The summed E-state index contributed by atoms with van der Waals surface area (Å²) >= 11 is 6.38. The van der Waals surface area contributed by atoms with E-state index >= 15 is 0 Å². The van der Waals surface area contributed by atoms with Crippen molar-refractivity contribution >= 4 is 28.1 Å². The number of rotatable bonds is 3. The first-order valence-electron chi connectivity index (χ1n) is 6.99. The van der Waals surface area contributed by atoms with Crippen LogP contribution in [0.4, 0.5) is 5.69 Å². The summed E-state index contributed by atoms with van der Waals surface area (Å²) in [5.74, 6) is 1.50. The summed E-state index contributed by atoms with van der Waals surface area (Å²) in [4.78, 5) is 2.30. The molecular formula is C15H23ClN2OS. The Bertz CT molecular complexity index is 489. The van der Waals surface area contributed by atoms with E-state index in [1.165, 1.54) is 5.69 Å². The highest BCUT2D eigenvalue weighted by molar-refractivity contribution is 7.85. The summed E-state index contributed by atoms with van der Waals surface area (Å²) in [5.41, 5.74) is 2.36. The summed E-state index contributed by atoms with van der Waals surface area (Å²) in [7, 11) is -0.655. The second-order valence-corrected chi connectivity index (χ2v) is 8.28. The smallest absolute Gasteiger partial charge is 0.0471 e. The van der Waals surface area contributed by atoms with Crippen LogP contribution in [0.1, 0.15) is 26.3 Å². The lowest BCUT2D eigenvalue weighted by Gasteiger charge is -2.31. The van der Waals surface area contributed by atoms with Crippen molar-refractivity contribution in [1.29, 1.82) is 0 Å². The van der Waals surface area contributed by atoms with E-state index in [9.17, 15) is 4.21 Å². The second-order valence-electron chi connectivity index (χ2n) is 6.18. The van der Waals surface area contributed by atoms with Crippen LogP contribution in [0.25, 0.3) is 0 Å². The molecule has 0 amide bonds. The maximum absolute atomic E-state index is 11.5. The molecule has 1 aromatic rings. The van der Waals surface area contributed by atoms with Gasteiger partial charge in [-0.05, 0) is 32.9 Å². The number of benzene rings is 1. The van der Waals surface area contributed by atoms with Gasteiger partial charge in [-0.3, -0.25) is 4.21 Å². The molecular weight excluding hydrogens is 292 g/mol. The van der Waals surface area contributed by atoms with Crippen molar-refractivity contribution in [2.45, 2.75) is 32.9 Å². The summed E-state index contributed by atoms with van der Waals surface area (Å²) in [6.07, 6.45) is 0. The third-order valence-corrected chi connectivity index (χ3v) is 5.04. The third-order valence-electron chi connectivity index (χ3n) is 3.41. The lowest BCUT2D eigenvalue weighted by molar-refractivity contribution is 0.424. The monoisotopic (exact) mass is 314 g/mol. The zero-order valence-corrected chi connectivity index (χ0v) is 14.0. The lowest BCUT2D eigenvalue weighted by atomic mass is 10.1. The molecule has 0 atom stereocenters. The first kappa shape index (κ1) is 15.8. The molecule has 0 radical (unpaired) electrons. The van der Waals surface area contributed by atoms with Crippen molar-refractivity contribution in [2.24, 2.45) is 0 Å². The van der Waals surface area contributed by atoms with Crippen molar-refractivity contribution in [1.82, 2.24) is 5.32 Å². The third kappa shape index (κ3) is 4.21. The van der Waals surface area contributed by atoms with E-state index in [-0.39, 0.29) is 5.54 Å². The van der Waals surface area contributed by atoms with Gasteiger partial charge in [0, 0.05) is 63.8 Å². The molecule has 1 aliphatic heterocycles. The quantitative estimate of drug-likeness (QED) is 0.931. The van der Waals surface area contributed by atoms with Gasteiger partial charge in [0.1, 0.15) is 0 Å². The Hall–Kier alpha value is -0.580. The minimum Gasteiger partial charge on any atom is -0.369 e. The van der Waals surface area contributed by atoms with Crippen LogP contribution in [-0.2, 0) is 17.3 Å². The molecule has 0 bridgehead atoms. The van der Waals surface area contributed by atoms with Crippen molar-refractivity contribution in [3.05, 3.63) is 28.8 Å². The molecule has 1 saturated heterocycles. The van der Waals surface area contributed by atoms with E-state index < -0.39 is 10.8 Å². The Morgan fingerprint density at radius 1 is 1.30 bits per heavy atom. The van der Waals surface area contributed by atoms with E-state index in [0.29, 0.717) is 0 Å². The largest absolute Gasteiger partial charge is 0.369 e.